The lowest BCUT2D eigenvalue weighted by Gasteiger charge is -2.40. The Labute approximate surface area is 96.6 Å². The van der Waals surface area contributed by atoms with Gasteiger partial charge in [0.2, 0.25) is 5.91 Å². The Morgan fingerprint density at radius 3 is 2.47 bits per heavy atom. The van der Waals surface area contributed by atoms with Gasteiger partial charge in [0.05, 0.1) is 6.04 Å². The molecule has 1 fully saturated rings. The lowest BCUT2D eigenvalue weighted by atomic mass is 9.84. The van der Waals surface area contributed by atoms with Gasteiger partial charge in [0.15, 0.2) is 0 Å². The zero-order valence-corrected chi connectivity index (χ0v) is 10.7. The van der Waals surface area contributed by atoms with Crippen molar-refractivity contribution < 1.29 is 4.79 Å². The molecule has 3 nitrogen and oxygen atoms in total. The van der Waals surface area contributed by atoms with E-state index in [1.165, 1.54) is 19.3 Å². The zero-order valence-electron chi connectivity index (χ0n) is 9.88. The van der Waals surface area contributed by atoms with Gasteiger partial charge in [-0.05, 0) is 25.0 Å². The topological polar surface area (TPSA) is 55.1 Å². The Bertz CT molecular complexity index is 221. The summed E-state index contributed by atoms with van der Waals surface area (Å²) in [5, 5.41) is 2.97. The van der Waals surface area contributed by atoms with Crippen LogP contribution in [0, 0.1) is 5.92 Å². The fraction of sp³-hybridized carbons (Fsp3) is 0.909. The van der Waals surface area contributed by atoms with E-state index in [1.807, 2.05) is 25.6 Å². The van der Waals surface area contributed by atoms with Gasteiger partial charge in [0, 0.05) is 11.3 Å². The fourth-order valence-corrected chi connectivity index (χ4v) is 2.61. The van der Waals surface area contributed by atoms with Crippen LogP contribution in [-0.4, -0.2) is 29.5 Å². The van der Waals surface area contributed by atoms with Crippen molar-refractivity contribution in [2.45, 2.75) is 43.9 Å². The van der Waals surface area contributed by atoms with Gasteiger partial charge in [-0.2, -0.15) is 11.8 Å². The summed E-state index contributed by atoms with van der Waals surface area (Å²) in [5.74, 6) is 0.196. The number of carbonyl (C=O) groups excluding carboxylic acids is 1. The number of amides is 1. The summed E-state index contributed by atoms with van der Waals surface area (Å²) in [6.45, 7) is 4.71. The molecular formula is C11H22N2OS. The lowest BCUT2D eigenvalue weighted by Crippen LogP contribution is -2.50. The van der Waals surface area contributed by atoms with Crippen LogP contribution in [0.5, 0.6) is 0 Å². The van der Waals surface area contributed by atoms with Crippen molar-refractivity contribution in [1.82, 2.24) is 5.32 Å². The number of nitrogens with two attached hydrogens (primary N) is 1. The first kappa shape index (κ1) is 12.8. The van der Waals surface area contributed by atoms with Gasteiger partial charge in [-0.1, -0.05) is 20.3 Å². The minimum atomic E-state index is -0.371. The van der Waals surface area contributed by atoms with E-state index in [2.05, 4.69) is 11.6 Å². The Kier molecular flexibility index (Phi) is 4.46. The molecule has 0 aliphatic heterocycles. The van der Waals surface area contributed by atoms with E-state index in [4.69, 9.17) is 5.73 Å². The predicted molar refractivity (Wildman–Crippen MR) is 65.9 cm³/mol. The second-order valence-electron chi connectivity index (χ2n) is 4.73. The normalized spacial score (nSPS) is 20.9. The van der Waals surface area contributed by atoms with Crippen molar-refractivity contribution in [3.63, 3.8) is 0 Å². The number of hydrogen-bond acceptors (Lipinski definition) is 3. The first-order valence-corrected chi connectivity index (χ1v) is 6.82. The average molecular weight is 230 g/mol. The number of carbonyl (C=O) groups is 1. The molecule has 15 heavy (non-hydrogen) atoms. The number of nitrogens with one attached hydrogen (secondary N) is 1. The molecule has 0 radical (unpaired) electrons. The van der Waals surface area contributed by atoms with Crippen LogP contribution in [0.1, 0.15) is 33.1 Å². The van der Waals surface area contributed by atoms with Gasteiger partial charge in [0.1, 0.15) is 0 Å². The molecule has 1 amide bonds. The van der Waals surface area contributed by atoms with Gasteiger partial charge in [-0.3, -0.25) is 4.79 Å². The Balaban J connectivity index is 2.33. The third kappa shape index (κ3) is 3.11. The largest absolute Gasteiger partial charge is 0.353 e. The smallest absolute Gasteiger partial charge is 0.237 e. The second kappa shape index (κ2) is 5.21. The van der Waals surface area contributed by atoms with E-state index in [1.54, 1.807) is 0 Å². The molecule has 0 bridgehead atoms. The van der Waals surface area contributed by atoms with Gasteiger partial charge in [-0.25, -0.2) is 0 Å². The van der Waals surface area contributed by atoms with Crippen molar-refractivity contribution in [2.24, 2.45) is 11.7 Å². The van der Waals surface area contributed by atoms with E-state index >= 15 is 0 Å². The summed E-state index contributed by atoms with van der Waals surface area (Å²) in [6, 6.07) is -0.371. The summed E-state index contributed by atoms with van der Waals surface area (Å²) in [4.78, 5) is 11.6. The molecule has 88 valence electrons. The average Bonchev–Trinajstić information content (AvgIpc) is 2.15. The van der Waals surface area contributed by atoms with E-state index in [9.17, 15) is 4.79 Å². The van der Waals surface area contributed by atoms with Gasteiger partial charge in [0.25, 0.3) is 0 Å². The fourth-order valence-electron chi connectivity index (χ4n) is 1.69. The highest BCUT2D eigenvalue weighted by molar-refractivity contribution is 8.00. The summed E-state index contributed by atoms with van der Waals surface area (Å²) >= 11 is 1.87. The Hall–Kier alpha value is -0.220. The van der Waals surface area contributed by atoms with E-state index in [0.29, 0.717) is 4.75 Å². The molecule has 1 aliphatic rings. The standard InChI is InChI=1S/C11H22N2OS/c1-8(2)9(12)10(14)13-7-11(15-3)5-4-6-11/h8-9H,4-7,12H2,1-3H3,(H,13,14). The molecule has 1 atom stereocenters. The first-order valence-electron chi connectivity index (χ1n) is 5.59. The third-order valence-electron chi connectivity index (χ3n) is 3.30. The molecule has 0 heterocycles. The van der Waals surface area contributed by atoms with Gasteiger partial charge in [-0.15, -0.1) is 0 Å². The molecule has 1 saturated carbocycles. The van der Waals surface area contributed by atoms with Crippen LogP contribution in [0.3, 0.4) is 0 Å². The molecule has 3 N–H and O–H groups in total. The van der Waals surface area contributed by atoms with E-state index < -0.39 is 0 Å². The number of hydrogen-bond donors (Lipinski definition) is 2. The molecule has 4 heteroatoms. The monoisotopic (exact) mass is 230 g/mol. The SMILES string of the molecule is CSC1(CNC(=O)C(N)C(C)C)CCC1. The highest BCUT2D eigenvalue weighted by Crippen LogP contribution is 2.42. The van der Waals surface area contributed by atoms with Crippen LogP contribution in [0.25, 0.3) is 0 Å². The molecule has 0 aromatic carbocycles. The minimum Gasteiger partial charge on any atom is -0.353 e. The van der Waals surface area contributed by atoms with E-state index in [0.717, 1.165) is 6.54 Å². The van der Waals surface area contributed by atoms with Crippen molar-refractivity contribution in [2.75, 3.05) is 12.8 Å². The van der Waals surface area contributed by atoms with Crippen LogP contribution < -0.4 is 11.1 Å². The quantitative estimate of drug-likeness (QED) is 0.750. The molecule has 0 aromatic rings. The summed E-state index contributed by atoms with van der Waals surface area (Å²) in [7, 11) is 0. The molecule has 1 unspecified atom stereocenters. The number of thioether (sulfide) groups is 1. The molecule has 1 rings (SSSR count). The maximum Gasteiger partial charge on any atom is 0.237 e. The number of rotatable bonds is 5. The maximum atomic E-state index is 11.6. The minimum absolute atomic E-state index is 0.00896. The van der Waals surface area contributed by atoms with Crippen LogP contribution in [0.15, 0.2) is 0 Å². The second-order valence-corrected chi connectivity index (χ2v) is 6.00. The first-order chi connectivity index (χ1) is 7.01. The highest BCUT2D eigenvalue weighted by Gasteiger charge is 2.36. The third-order valence-corrected chi connectivity index (χ3v) is 4.72. The summed E-state index contributed by atoms with van der Waals surface area (Å²) < 4.78 is 0.298. The van der Waals surface area contributed by atoms with Crippen LogP contribution in [0.2, 0.25) is 0 Å². The Morgan fingerprint density at radius 2 is 2.13 bits per heavy atom. The van der Waals surface area contributed by atoms with Crippen molar-refractivity contribution in [3.05, 3.63) is 0 Å². The predicted octanol–water partition coefficient (Wildman–Crippen LogP) is 1.37. The summed E-state index contributed by atoms with van der Waals surface area (Å²) in [5.41, 5.74) is 5.77. The molecule has 1 aliphatic carbocycles. The molecular weight excluding hydrogens is 208 g/mol. The highest BCUT2D eigenvalue weighted by atomic mass is 32.2. The van der Waals surface area contributed by atoms with Crippen LogP contribution >= 0.6 is 11.8 Å². The van der Waals surface area contributed by atoms with Crippen molar-refractivity contribution in [3.8, 4) is 0 Å². The molecule has 0 saturated heterocycles. The van der Waals surface area contributed by atoms with Gasteiger partial charge >= 0.3 is 0 Å². The van der Waals surface area contributed by atoms with Gasteiger partial charge < -0.3 is 11.1 Å². The van der Waals surface area contributed by atoms with Crippen LogP contribution in [0.4, 0.5) is 0 Å². The lowest BCUT2D eigenvalue weighted by molar-refractivity contribution is -0.123. The Morgan fingerprint density at radius 1 is 1.53 bits per heavy atom. The zero-order chi connectivity index (χ0) is 11.5. The van der Waals surface area contributed by atoms with E-state index in [-0.39, 0.29) is 17.9 Å². The summed E-state index contributed by atoms with van der Waals surface area (Å²) in [6.07, 6.45) is 5.83. The molecule has 0 spiro atoms. The molecule has 0 aromatic heterocycles. The van der Waals surface area contributed by atoms with Crippen LogP contribution in [-0.2, 0) is 4.79 Å². The maximum absolute atomic E-state index is 11.6. The van der Waals surface area contributed by atoms with Crippen molar-refractivity contribution in [1.29, 1.82) is 0 Å². The van der Waals surface area contributed by atoms with Crippen molar-refractivity contribution >= 4 is 17.7 Å².